The number of hydrogen-bond donors (Lipinski definition) is 0. The van der Waals surface area contributed by atoms with Gasteiger partial charge in [0.15, 0.2) is 5.76 Å². The fourth-order valence-corrected chi connectivity index (χ4v) is 3.35. The molecular weight excluding hydrogens is 370 g/mol. The Hall–Kier alpha value is -3.06. The Balaban J connectivity index is 1.43. The summed E-state index contributed by atoms with van der Waals surface area (Å²) in [6.07, 6.45) is 2.81. The second-order valence-electron chi connectivity index (χ2n) is 6.24. The predicted octanol–water partition coefficient (Wildman–Crippen LogP) is 2.15. The molecule has 138 valence electrons. The van der Waals surface area contributed by atoms with Gasteiger partial charge in [0.25, 0.3) is 17.7 Å². The maximum absolute atomic E-state index is 12.8. The summed E-state index contributed by atoms with van der Waals surface area (Å²) in [5.41, 5.74) is 0.826. The molecule has 27 heavy (non-hydrogen) atoms. The van der Waals surface area contributed by atoms with E-state index in [4.69, 9.17) is 16.0 Å². The molecule has 2 aliphatic heterocycles. The van der Waals surface area contributed by atoms with Gasteiger partial charge in [-0.3, -0.25) is 14.4 Å². The molecule has 0 unspecified atom stereocenters. The summed E-state index contributed by atoms with van der Waals surface area (Å²) in [6, 6.07) is 9.83. The minimum absolute atomic E-state index is 0.176. The Morgan fingerprint density at radius 2 is 1.70 bits per heavy atom. The zero-order valence-electron chi connectivity index (χ0n) is 14.3. The van der Waals surface area contributed by atoms with Crippen LogP contribution >= 0.6 is 11.6 Å². The molecule has 1 aromatic carbocycles. The van der Waals surface area contributed by atoms with Gasteiger partial charge in [0, 0.05) is 37.3 Å². The van der Waals surface area contributed by atoms with Crippen molar-refractivity contribution in [3.8, 4) is 0 Å². The second-order valence-corrected chi connectivity index (χ2v) is 6.68. The number of amides is 3. The van der Waals surface area contributed by atoms with Crippen LogP contribution in [0.15, 0.2) is 58.9 Å². The molecule has 2 aliphatic rings. The van der Waals surface area contributed by atoms with E-state index in [0.717, 1.165) is 4.90 Å². The monoisotopic (exact) mass is 385 g/mol. The molecule has 1 saturated heterocycles. The SMILES string of the molecule is O=C(c1ccco1)N1CCN(C2=CC(=O)N(c3ccc(Cl)cc3)C2=O)CC1. The van der Waals surface area contributed by atoms with Crippen LogP contribution in [0, 0.1) is 0 Å². The summed E-state index contributed by atoms with van der Waals surface area (Å²) in [6.45, 7) is 1.82. The van der Waals surface area contributed by atoms with Crippen molar-refractivity contribution in [2.75, 3.05) is 31.1 Å². The number of halogens is 1. The summed E-state index contributed by atoms with van der Waals surface area (Å²) < 4.78 is 5.15. The molecule has 4 rings (SSSR count). The molecule has 3 heterocycles. The molecule has 1 fully saturated rings. The van der Waals surface area contributed by atoms with Gasteiger partial charge in [0.05, 0.1) is 12.0 Å². The van der Waals surface area contributed by atoms with Gasteiger partial charge in [-0.05, 0) is 36.4 Å². The van der Waals surface area contributed by atoms with Crippen molar-refractivity contribution >= 4 is 35.0 Å². The number of anilines is 1. The third-order valence-corrected chi connectivity index (χ3v) is 4.88. The largest absolute Gasteiger partial charge is 0.459 e. The third-order valence-electron chi connectivity index (χ3n) is 4.63. The standard InChI is InChI=1S/C19H16ClN3O4/c20-13-3-5-14(6-4-13)23-17(24)12-15(18(23)25)21-7-9-22(10-8-21)19(26)16-2-1-11-27-16/h1-6,11-12H,7-10H2. The number of nitrogens with zero attached hydrogens (tertiary/aromatic N) is 3. The van der Waals surface area contributed by atoms with Gasteiger partial charge in [-0.1, -0.05) is 11.6 Å². The molecule has 8 heteroatoms. The molecule has 2 aromatic rings. The minimum atomic E-state index is -0.383. The Bertz CT molecular complexity index is 913. The minimum Gasteiger partial charge on any atom is -0.459 e. The zero-order valence-corrected chi connectivity index (χ0v) is 15.1. The van der Waals surface area contributed by atoms with E-state index in [9.17, 15) is 14.4 Å². The predicted molar refractivity (Wildman–Crippen MR) is 98.2 cm³/mol. The number of furan rings is 1. The lowest BCUT2D eigenvalue weighted by atomic mass is 10.2. The number of rotatable bonds is 3. The summed E-state index contributed by atoms with van der Waals surface area (Å²) >= 11 is 5.87. The van der Waals surface area contributed by atoms with Gasteiger partial charge in [-0.25, -0.2) is 4.90 Å². The number of imide groups is 1. The molecule has 0 atom stereocenters. The Morgan fingerprint density at radius 3 is 2.33 bits per heavy atom. The van der Waals surface area contributed by atoms with E-state index in [1.54, 1.807) is 41.3 Å². The van der Waals surface area contributed by atoms with Crippen molar-refractivity contribution in [1.29, 1.82) is 0 Å². The van der Waals surface area contributed by atoms with Crippen LogP contribution in [0.2, 0.25) is 5.02 Å². The average Bonchev–Trinajstić information content (AvgIpc) is 3.31. The van der Waals surface area contributed by atoms with Crippen molar-refractivity contribution in [1.82, 2.24) is 9.80 Å². The highest BCUT2D eigenvalue weighted by atomic mass is 35.5. The van der Waals surface area contributed by atoms with Crippen LogP contribution < -0.4 is 4.90 Å². The van der Waals surface area contributed by atoms with Gasteiger partial charge in [0.2, 0.25) is 0 Å². The molecule has 0 spiro atoms. The maximum Gasteiger partial charge on any atom is 0.289 e. The van der Waals surface area contributed by atoms with Gasteiger partial charge >= 0.3 is 0 Å². The molecule has 0 radical (unpaired) electrons. The molecule has 1 aromatic heterocycles. The highest BCUT2D eigenvalue weighted by Gasteiger charge is 2.36. The summed E-state index contributed by atoms with van der Waals surface area (Å²) in [5.74, 6) is -0.631. The van der Waals surface area contributed by atoms with Crippen molar-refractivity contribution in [2.45, 2.75) is 0 Å². The normalized spacial score (nSPS) is 17.5. The summed E-state index contributed by atoms with van der Waals surface area (Å²) in [7, 11) is 0. The lowest BCUT2D eigenvalue weighted by molar-refractivity contribution is -0.121. The highest BCUT2D eigenvalue weighted by molar-refractivity contribution is 6.32. The third kappa shape index (κ3) is 3.21. The second kappa shape index (κ2) is 6.92. The summed E-state index contributed by atoms with van der Waals surface area (Å²) in [5, 5.41) is 0.531. The Morgan fingerprint density at radius 1 is 1.00 bits per heavy atom. The van der Waals surface area contributed by atoms with Crippen molar-refractivity contribution in [3.05, 3.63) is 65.2 Å². The molecule has 0 saturated carbocycles. The molecule has 0 N–H and O–H groups in total. The first-order valence-electron chi connectivity index (χ1n) is 8.48. The average molecular weight is 386 g/mol. The Kier molecular flexibility index (Phi) is 4.45. The zero-order chi connectivity index (χ0) is 19.0. The van der Waals surface area contributed by atoms with E-state index in [2.05, 4.69) is 0 Å². The molecule has 0 aliphatic carbocycles. The Labute approximate surface area is 160 Å². The molecule has 0 bridgehead atoms. The van der Waals surface area contributed by atoms with Crippen LogP contribution in [0.25, 0.3) is 0 Å². The van der Waals surface area contributed by atoms with Crippen LogP contribution in [-0.4, -0.2) is 53.7 Å². The molecule has 3 amide bonds. The molecular formula is C19H16ClN3O4. The van der Waals surface area contributed by atoms with Gasteiger partial charge in [0.1, 0.15) is 5.70 Å². The number of piperazine rings is 1. The number of hydrogen-bond acceptors (Lipinski definition) is 5. The highest BCUT2D eigenvalue weighted by Crippen LogP contribution is 2.26. The van der Waals surface area contributed by atoms with Crippen molar-refractivity contribution in [2.24, 2.45) is 0 Å². The van der Waals surface area contributed by atoms with Crippen molar-refractivity contribution < 1.29 is 18.8 Å². The van der Waals surface area contributed by atoms with E-state index >= 15 is 0 Å². The first-order valence-corrected chi connectivity index (χ1v) is 8.86. The van der Waals surface area contributed by atoms with E-state index in [1.807, 2.05) is 4.90 Å². The van der Waals surface area contributed by atoms with Gasteiger partial charge < -0.3 is 14.2 Å². The first-order chi connectivity index (χ1) is 13.0. The quantitative estimate of drug-likeness (QED) is 0.757. The fraction of sp³-hybridized carbons (Fsp3) is 0.211. The summed E-state index contributed by atoms with van der Waals surface area (Å²) in [4.78, 5) is 42.1. The number of benzene rings is 1. The van der Waals surface area contributed by atoms with E-state index < -0.39 is 0 Å². The van der Waals surface area contributed by atoms with Crippen LogP contribution in [0.4, 0.5) is 5.69 Å². The topological polar surface area (TPSA) is 74.1 Å². The van der Waals surface area contributed by atoms with E-state index in [0.29, 0.717) is 48.3 Å². The maximum atomic E-state index is 12.8. The van der Waals surface area contributed by atoms with Crippen molar-refractivity contribution in [3.63, 3.8) is 0 Å². The van der Waals surface area contributed by atoms with Crippen LogP contribution in [-0.2, 0) is 9.59 Å². The lowest BCUT2D eigenvalue weighted by Gasteiger charge is -2.35. The van der Waals surface area contributed by atoms with Crippen LogP contribution in [0.3, 0.4) is 0 Å². The molecule has 7 nitrogen and oxygen atoms in total. The number of carbonyl (C=O) groups excluding carboxylic acids is 3. The lowest BCUT2D eigenvalue weighted by Crippen LogP contribution is -2.49. The first kappa shape index (κ1) is 17.4. The van der Waals surface area contributed by atoms with Gasteiger partial charge in [-0.15, -0.1) is 0 Å². The van der Waals surface area contributed by atoms with E-state index in [-0.39, 0.29) is 17.7 Å². The van der Waals surface area contributed by atoms with Crippen LogP contribution in [0.1, 0.15) is 10.6 Å². The van der Waals surface area contributed by atoms with Crippen LogP contribution in [0.5, 0.6) is 0 Å². The van der Waals surface area contributed by atoms with Gasteiger partial charge in [-0.2, -0.15) is 0 Å². The smallest absolute Gasteiger partial charge is 0.289 e. The number of carbonyl (C=O) groups is 3. The van der Waals surface area contributed by atoms with E-state index in [1.165, 1.54) is 12.3 Å². The fourth-order valence-electron chi connectivity index (χ4n) is 3.23.